The number of aromatic nitrogens is 3. The van der Waals surface area contributed by atoms with Crippen LogP contribution in [0, 0.1) is 13.1 Å². The van der Waals surface area contributed by atoms with Crippen molar-refractivity contribution in [1.82, 2.24) is 14.6 Å². The minimum atomic E-state index is 0.917. The monoisotopic (exact) mass is 132 g/mol. The van der Waals surface area contributed by atoms with E-state index >= 15 is 0 Å². The number of hydrogen-bond donors (Lipinski definition) is 0. The predicted octanol–water partition coefficient (Wildman–Crippen LogP) is 0.838. The standard InChI is InChI=1S/C7H6N3/c1-6-4-7-5-8-2-3-10(7)9-6/h2-4H,1H3. The summed E-state index contributed by atoms with van der Waals surface area (Å²) in [5.74, 6) is 0. The molecule has 0 amide bonds. The van der Waals surface area contributed by atoms with Gasteiger partial charge in [-0.05, 0) is 13.0 Å². The summed E-state index contributed by atoms with van der Waals surface area (Å²) in [5.41, 5.74) is 1.91. The van der Waals surface area contributed by atoms with E-state index in [4.69, 9.17) is 0 Å². The molecule has 0 aliphatic carbocycles. The molecule has 0 saturated carbocycles. The van der Waals surface area contributed by atoms with Gasteiger partial charge in [0.1, 0.15) is 6.20 Å². The lowest BCUT2D eigenvalue weighted by atomic mass is 10.4. The maximum absolute atomic E-state index is 4.16. The van der Waals surface area contributed by atoms with Gasteiger partial charge in [0.15, 0.2) is 0 Å². The highest BCUT2D eigenvalue weighted by Crippen LogP contribution is 2.00. The third kappa shape index (κ3) is 0.673. The molecule has 0 N–H and O–H groups in total. The Morgan fingerprint density at radius 3 is 3.30 bits per heavy atom. The Morgan fingerprint density at radius 1 is 1.60 bits per heavy atom. The molecule has 2 heterocycles. The molecule has 10 heavy (non-hydrogen) atoms. The fraction of sp³-hybridized carbons (Fsp3) is 0.143. The molecule has 0 fully saturated rings. The zero-order valence-corrected chi connectivity index (χ0v) is 5.57. The highest BCUT2D eigenvalue weighted by atomic mass is 15.2. The van der Waals surface area contributed by atoms with Gasteiger partial charge in [0, 0.05) is 12.4 Å². The van der Waals surface area contributed by atoms with E-state index in [0.717, 1.165) is 11.2 Å². The van der Waals surface area contributed by atoms with Crippen LogP contribution in [0.1, 0.15) is 5.69 Å². The molecule has 0 saturated heterocycles. The molecule has 3 heteroatoms. The first-order valence-corrected chi connectivity index (χ1v) is 3.05. The van der Waals surface area contributed by atoms with Crippen LogP contribution in [0.2, 0.25) is 0 Å². The fourth-order valence-corrected chi connectivity index (χ4v) is 0.914. The summed E-state index contributed by atoms with van der Waals surface area (Å²) in [7, 11) is 0. The second kappa shape index (κ2) is 1.80. The summed E-state index contributed by atoms with van der Waals surface area (Å²) >= 11 is 0. The van der Waals surface area contributed by atoms with Crippen molar-refractivity contribution in [2.75, 3.05) is 0 Å². The van der Waals surface area contributed by atoms with Crippen LogP contribution in [0.5, 0.6) is 0 Å². The number of aryl methyl sites for hydroxylation is 1. The van der Waals surface area contributed by atoms with E-state index < -0.39 is 0 Å². The molecule has 49 valence electrons. The molecule has 2 aromatic heterocycles. The molecule has 0 aliphatic rings. The quantitative estimate of drug-likeness (QED) is 0.531. The average Bonchev–Trinajstić information content (AvgIpc) is 2.27. The van der Waals surface area contributed by atoms with Crippen LogP contribution in [0.25, 0.3) is 5.52 Å². The highest BCUT2D eigenvalue weighted by Gasteiger charge is 1.93. The van der Waals surface area contributed by atoms with Crippen molar-refractivity contribution in [3.05, 3.63) is 30.4 Å². The molecular formula is C7H6N3. The Hall–Kier alpha value is -1.38. The first kappa shape index (κ1) is 5.41. The van der Waals surface area contributed by atoms with Gasteiger partial charge in [-0.2, -0.15) is 5.10 Å². The van der Waals surface area contributed by atoms with Crippen LogP contribution in [0.3, 0.4) is 0 Å². The Labute approximate surface area is 58.3 Å². The fourth-order valence-electron chi connectivity index (χ4n) is 0.914. The predicted molar refractivity (Wildman–Crippen MR) is 36.6 cm³/mol. The molecule has 0 atom stereocenters. The molecule has 3 nitrogen and oxygen atoms in total. The van der Waals surface area contributed by atoms with E-state index in [9.17, 15) is 0 Å². The molecule has 0 unspecified atom stereocenters. The van der Waals surface area contributed by atoms with Crippen molar-refractivity contribution >= 4 is 5.52 Å². The van der Waals surface area contributed by atoms with E-state index in [-0.39, 0.29) is 0 Å². The molecule has 0 aliphatic heterocycles. The average molecular weight is 132 g/mol. The van der Waals surface area contributed by atoms with Gasteiger partial charge in [-0.15, -0.1) is 0 Å². The van der Waals surface area contributed by atoms with Gasteiger partial charge in [0.2, 0.25) is 0 Å². The minimum Gasteiger partial charge on any atom is -0.251 e. The van der Waals surface area contributed by atoms with Crippen molar-refractivity contribution in [3.63, 3.8) is 0 Å². The molecule has 1 radical (unpaired) electrons. The van der Waals surface area contributed by atoms with Gasteiger partial charge >= 0.3 is 0 Å². The SMILES string of the molecule is Cc1cc2[c]nccn2n1. The van der Waals surface area contributed by atoms with Gasteiger partial charge in [-0.25, -0.2) is 4.52 Å². The van der Waals surface area contributed by atoms with Crippen molar-refractivity contribution < 1.29 is 0 Å². The Kier molecular flexibility index (Phi) is 0.974. The third-order valence-electron chi connectivity index (χ3n) is 1.32. The first-order valence-electron chi connectivity index (χ1n) is 3.05. The van der Waals surface area contributed by atoms with Gasteiger partial charge < -0.3 is 0 Å². The summed E-state index contributed by atoms with van der Waals surface area (Å²) < 4.78 is 1.75. The smallest absolute Gasteiger partial charge is 0.117 e. The topological polar surface area (TPSA) is 30.2 Å². The number of nitrogens with zero attached hydrogens (tertiary/aromatic N) is 3. The summed E-state index contributed by atoms with van der Waals surface area (Å²) in [6.45, 7) is 1.95. The van der Waals surface area contributed by atoms with Gasteiger partial charge in [-0.1, -0.05) is 0 Å². The van der Waals surface area contributed by atoms with E-state index in [2.05, 4.69) is 16.3 Å². The number of fused-ring (bicyclic) bond motifs is 1. The summed E-state index contributed by atoms with van der Waals surface area (Å²) in [4.78, 5) is 3.84. The number of rotatable bonds is 0. The second-order valence-electron chi connectivity index (χ2n) is 2.15. The highest BCUT2D eigenvalue weighted by molar-refractivity contribution is 5.43. The molecule has 0 spiro atoms. The lowest BCUT2D eigenvalue weighted by Crippen LogP contribution is -1.85. The minimum absolute atomic E-state index is 0.917. The van der Waals surface area contributed by atoms with Crippen LogP contribution in [-0.4, -0.2) is 14.6 Å². The van der Waals surface area contributed by atoms with Gasteiger partial charge in [-0.3, -0.25) is 4.98 Å². The summed E-state index contributed by atoms with van der Waals surface area (Å²) in [6.07, 6.45) is 6.29. The third-order valence-corrected chi connectivity index (χ3v) is 1.32. The zero-order chi connectivity index (χ0) is 6.97. The normalized spacial score (nSPS) is 10.5. The molecule has 0 aromatic carbocycles. The molecular weight excluding hydrogens is 126 g/mol. The van der Waals surface area contributed by atoms with Crippen molar-refractivity contribution in [3.8, 4) is 0 Å². The molecule has 0 bridgehead atoms. The van der Waals surface area contributed by atoms with Crippen LogP contribution >= 0.6 is 0 Å². The van der Waals surface area contributed by atoms with Gasteiger partial charge in [0.25, 0.3) is 0 Å². The van der Waals surface area contributed by atoms with Crippen molar-refractivity contribution in [2.45, 2.75) is 6.92 Å². The van der Waals surface area contributed by atoms with E-state index in [1.165, 1.54) is 0 Å². The van der Waals surface area contributed by atoms with Crippen molar-refractivity contribution in [2.24, 2.45) is 0 Å². The lowest BCUT2D eigenvalue weighted by molar-refractivity contribution is 0.921. The van der Waals surface area contributed by atoms with E-state index in [0.29, 0.717) is 0 Å². The van der Waals surface area contributed by atoms with Crippen LogP contribution < -0.4 is 0 Å². The molecule has 2 rings (SSSR count). The first-order chi connectivity index (χ1) is 4.86. The summed E-state index contributed by atoms with van der Waals surface area (Å²) in [6, 6.07) is 1.94. The zero-order valence-electron chi connectivity index (χ0n) is 5.57. The van der Waals surface area contributed by atoms with Crippen molar-refractivity contribution in [1.29, 1.82) is 0 Å². The Morgan fingerprint density at radius 2 is 2.50 bits per heavy atom. The van der Waals surface area contributed by atoms with Crippen LogP contribution in [0.15, 0.2) is 18.5 Å². The van der Waals surface area contributed by atoms with Crippen LogP contribution in [0.4, 0.5) is 0 Å². The van der Waals surface area contributed by atoms with E-state index in [1.807, 2.05) is 13.0 Å². The maximum Gasteiger partial charge on any atom is 0.117 e. The maximum atomic E-state index is 4.16. The Balaban J connectivity index is 2.88. The summed E-state index contributed by atoms with van der Waals surface area (Å²) in [5, 5.41) is 4.16. The largest absolute Gasteiger partial charge is 0.251 e. The van der Waals surface area contributed by atoms with Gasteiger partial charge in [0.05, 0.1) is 11.2 Å². The van der Waals surface area contributed by atoms with Crippen LogP contribution in [-0.2, 0) is 0 Å². The number of hydrogen-bond acceptors (Lipinski definition) is 2. The lowest BCUT2D eigenvalue weighted by Gasteiger charge is -1.85. The molecule has 2 aromatic rings. The second-order valence-corrected chi connectivity index (χ2v) is 2.15. The van der Waals surface area contributed by atoms with E-state index in [1.54, 1.807) is 16.9 Å². The Bertz CT molecular complexity index is 317.